The van der Waals surface area contributed by atoms with Crippen LogP contribution in [0.5, 0.6) is 0 Å². The van der Waals surface area contributed by atoms with Gasteiger partial charge in [0.25, 0.3) is 11.2 Å². The highest BCUT2D eigenvalue weighted by atomic mass is 16.5. The quantitative estimate of drug-likeness (QED) is 0.328. The van der Waals surface area contributed by atoms with E-state index >= 15 is 0 Å². The number of anilines is 1. The van der Waals surface area contributed by atoms with Gasteiger partial charge in [0.1, 0.15) is 10.9 Å². The van der Waals surface area contributed by atoms with Crippen LogP contribution in [0.4, 0.5) is 5.82 Å². The second-order valence-electron chi connectivity index (χ2n) is 6.91. The molecule has 0 atom stereocenters. The predicted octanol–water partition coefficient (Wildman–Crippen LogP) is 2.06. The minimum Gasteiger partial charge on any atom is -0.465 e. The number of fused-ring (bicyclic) bond motifs is 2. The second kappa shape index (κ2) is 7.35. The maximum absolute atomic E-state index is 13.2. The molecule has 0 bridgehead atoms. The summed E-state index contributed by atoms with van der Waals surface area (Å²) in [6.45, 7) is 2.37. The molecular weight excluding hydrogens is 368 g/mol. The number of carbonyl (C=O) groups excluding carboxylic acids is 1. The summed E-state index contributed by atoms with van der Waals surface area (Å²) in [6.07, 6.45) is 2.40. The van der Waals surface area contributed by atoms with Crippen molar-refractivity contribution < 1.29 is 14.1 Å². The summed E-state index contributed by atoms with van der Waals surface area (Å²) < 4.78 is 8.07. The molecule has 3 aromatic heterocycles. The standard InChI is InChI=1S/C22H20N4O3/c1-14-8-9-18-24-20-17(21(27)26(18)13-14)12-16(22(28)29-2)19(23)25(20)11-10-15-6-4-3-5-7-15/h3-9,12-13,23H,10-11H2,1-2H3/p+1. The lowest BCUT2D eigenvalue weighted by Crippen LogP contribution is -2.42. The highest BCUT2D eigenvalue weighted by molar-refractivity contribution is 5.96. The molecule has 4 rings (SSSR count). The molecule has 7 heteroatoms. The van der Waals surface area contributed by atoms with Crippen molar-refractivity contribution in [3.63, 3.8) is 0 Å². The number of aromatic nitrogens is 3. The maximum Gasteiger partial charge on any atom is 0.344 e. The molecule has 3 heterocycles. The van der Waals surface area contributed by atoms with Crippen molar-refractivity contribution in [2.24, 2.45) is 0 Å². The van der Waals surface area contributed by atoms with E-state index in [2.05, 4.69) is 4.98 Å². The Morgan fingerprint density at radius 2 is 1.97 bits per heavy atom. The Morgan fingerprint density at radius 1 is 1.21 bits per heavy atom. The van der Waals surface area contributed by atoms with Gasteiger partial charge in [0, 0.05) is 12.6 Å². The van der Waals surface area contributed by atoms with Crippen molar-refractivity contribution in [1.82, 2.24) is 9.38 Å². The maximum atomic E-state index is 13.2. The minimum atomic E-state index is -0.591. The second-order valence-corrected chi connectivity index (χ2v) is 6.91. The van der Waals surface area contributed by atoms with Crippen LogP contribution in [-0.4, -0.2) is 22.5 Å². The van der Waals surface area contributed by atoms with E-state index in [1.165, 1.54) is 17.6 Å². The smallest absolute Gasteiger partial charge is 0.344 e. The molecule has 4 aromatic rings. The van der Waals surface area contributed by atoms with Gasteiger partial charge < -0.3 is 10.5 Å². The van der Waals surface area contributed by atoms with Crippen LogP contribution in [0, 0.1) is 6.92 Å². The Morgan fingerprint density at radius 3 is 2.69 bits per heavy atom. The third-order valence-corrected chi connectivity index (χ3v) is 4.97. The summed E-state index contributed by atoms with van der Waals surface area (Å²) >= 11 is 0. The Labute approximate surface area is 167 Å². The number of nitrogens with zero attached hydrogens (tertiary/aromatic N) is 3. The molecule has 1 aromatic carbocycles. The number of rotatable bonds is 4. The summed E-state index contributed by atoms with van der Waals surface area (Å²) in [7, 11) is 1.29. The Bertz CT molecular complexity index is 1300. The molecule has 0 saturated carbocycles. The third-order valence-electron chi connectivity index (χ3n) is 4.97. The summed E-state index contributed by atoms with van der Waals surface area (Å²) in [5.74, 6) is -0.366. The van der Waals surface area contributed by atoms with Crippen LogP contribution in [0.25, 0.3) is 16.7 Å². The SMILES string of the molecule is COC(=O)c1cc2c(=O)n3cc(C)ccc3nc2[n+](CCc2ccccc2)c1N. The number of esters is 1. The zero-order valence-corrected chi connectivity index (χ0v) is 16.3. The highest BCUT2D eigenvalue weighted by Gasteiger charge is 2.24. The molecule has 0 radical (unpaired) electrons. The molecule has 0 unspecified atom stereocenters. The summed E-state index contributed by atoms with van der Waals surface area (Å²) in [6, 6.07) is 15.1. The van der Waals surface area contributed by atoms with Crippen LogP contribution in [0.1, 0.15) is 21.5 Å². The number of nitrogen functional groups attached to an aromatic ring is 1. The van der Waals surface area contributed by atoms with Crippen molar-refractivity contribution in [2.75, 3.05) is 12.8 Å². The largest absolute Gasteiger partial charge is 0.465 e. The van der Waals surface area contributed by atoms with Crippen molar-refractivity contribution in [2.45, 2.75) is 19.9 Å². The average molecular weight is 389 g/mol. The van der Waals surface area contributed by atoms with Gasteiger partial charge in [-0.1, -0.05) is 41.4 Å². The van der Waals surface area contributed by atoms with Crippen LogP contribution in [0.3, 0.4) is 0 Å². The topological polar surface area (TPSA) is 90.6 Å². The molecule has 146 valence electrons. The number of benzene rings is 1. The van der Waals surface area contributed by atoms with Crippen LogP contribution in [-0.2, 0) is 17.7 Å². The van der Waals surface area contributed by atoms with Crippen LogP contribution < -0.4 is 15.9 Å². The number of nitrogens with two attached hydrogens (primary N) is 1. The molecule has 0 amide bonds. The summed E-state index contributed by atoms with van der Waals surface area (Å²) in [4.78, 5) is 30.1. The van der Waals surface area contributed by atoms with Gasteiger partial charge in [-0.25, -0.2) is 9.36 Å². The molecule has 0 aliphatic carbocycles. The lowest BCUT2D eigenvalue weighted by molar-refractivity contribution is -0.658. The van der Waals surface area contributed by atoms with Gasteiger partial charge in [0.15, 0.2) is 0 Å². The molecule has 0 fully saturated rings. The number of hydrogen-bond donors (Lipinski definition) is 1. The van der Waals surface area contributed by atoms with Crippen molar-refractivity contribution in [3.8, 4) is 0 Å². The van der Waals surface area contributed by atoms with Crippen LogP contribution in [0.2, 0.25) is 0 Å². The number of pyridine rings is 2. The fourth-order valence-corrected chi connectivity index (χ4v) is 3.44. The van der Waals surface area contributed by atoms with Gasteiger partial charge in [-0.15, -0.1) is 0 Å². The first-order valence-electron chi connectivity index (χ1n) is 9.27. The Kier molecular flexibility index (Phi) is 4.72. The van der Waals surface area contributed by atoms with E-state index in [9.17, 15) is 9.59 Å². The fraction of sp³-hybridized carbons (Fsp3) is 0.182. The van der Waals surface area contributed by atoms with Gasteiger partial charge >= 0.3 is 5.97 Å². The van der Waals surface area contributed by atoms with E-state index < -0.39 is 5.97 Å². The van der Waals surface area contributed by atoms with E-state index in [4.69, 9.17) is 10.5 Å². The van der Waals surface area contributed by atoms with Crippen molar-refractivity contribution in [3.05, 3.63) is 81.8 Å². The van der Waals surface area contributed by atoms with Crippen molar-refractivity contribution >= 4 is 28.5 Å². The van der Waals surface area contributed by atoms with E-state index in [0.717, 1.165) is 11.1 Å². The van der Waals surface area contributed by atoms with E-state index in [1.807, 2.05) is 43.3 Å². The highest BCUT2D eigenvalue weighted by Crippen LogP contribution is 2.16. The predicted molar refractivity (Wildman–Crippen MR) is 110 cm³/mol. The molecular formula is C22H21N4O3+. The first-order chi connectivity index (χ1) is 14.0. The fourth-order valence-electron chi connectivity index (χ4n) is 3.44. The third kappa shape index (κ3) is 3.31. The number of aryl methyl sites for hydroxylation is 3. The van der Waals surface area contributed by atoms with Gasteiger partial charge in [0.05, 0.1) is 13.7 Å². The molecule has 0 saturated heterocycles. The number of methoxy groups -OCH3 is 1. The first kappa shape index (κ1) is 18.6. The lowest BCUT2D eigenvalue weighted by atomic mass is 10.1. The Balaban J connectivity index is 1.98. The number of carbonyl (C=O) groups is 1. The van der Waals surface area contributed by atoms with Gasteiger partial charge in [-0.05, 0) is 30.2 Å². The molecule has 2 N–H and O–H groups in total. The Hall–Kier alpha value is -3.74. The first-order valence-corrected chi connectivity index (χ1v) is 9.27. The van der Waals surface area contributed by atoms with E-state index in [1.54, 1.807) is 16.8 Å². The molecule has 7 nitrogen and oxygen atoms in total. The molecule has 29 heavy (non-hydrogen) atoms. The van der Waals surface area contributed by atoms with E-state index in [0.29, 0.717) is 29.6 Å². The van der Waals surface area contributed by atoms with Gasteiger partial charge in [-0.2, -0.15) is 0 Å². The number of ether oxygens (including phenoxy) is 1. The normalized spacial score (nSPS) is 11.1. The lowest BCUT2D eigenvalue weighted by Gasteiger charge is -2.11. The monoisotopic (exact) mass is 389 g/mol. The van der Waals surface area contributed by atoms with Gasteiger partial charge in [0.2, 0.25) is 11.5 Å². The number of hydrogen-bond acceptors (Lipinski definition) is 5. The van der Waals surface area contributed by atoms with Crippen molar-refractivity contribution in [1.29, 1.82) is 0 Å². The minimum absolute atomic E-state index is 0.152. The molecule has 0 aliphatic heterocycles. The van der Waals surface area contributed by atoms with Crippen LogP contribution >= 0.6 is 0 Å². The van der Waals surface area contributed by atoms with E-state index in [-0.39, 0.29) is 16.9 Å². The summed E-state index contributed by atoms with van der Waals surface area (Å²) in [5.41, 5.74) is 9.23. The van der Waals surface area contributed by atoms with Gasteiger partial charge in [-0.3, -0.25) is 9.20 Å². The zero-order valence-electron chi connectivity index (χ0n) is 16.3. The van der Waals surface area contributed by atoms with Crippen LogP contribution in [0.15, 0.2) is 59.5 Å². The molecule has 0 aliphatic rings. The molecule has 0 spiro atoms. The summed E-state index contributed by atoms with van der Waals surface area (Å²) in [5, 5.41) is 0.316. The zero-order chi connectivity index (χ0) is 20.5. The average Bonchev–Trinajstić information content (AvgIpc) is 2.74.